The van der Waals surface area contributed by atoms with Crippen molar-refractivity contribution in [3.05, 3.63) is 72.0 Å². The summed E-state index contributed by atoms with van der Waals surface area (Å²) in [6.45, 7) is 2.95. The Morgan fingerprint density at radius 1 is 0.968 bits per heavy atom. The highest BCUT2D eigenvalue weighted by Gasteiger charge is 2.17. The summed E-state index contributed by atoms with van der Waals surface area (Å²) in [5, 5.41) is 0.711. The molecule has 3 heterocycles. The van der Waals surface area contributed by atoms with Crippen molar-refractivity contribution in [3.8, 4) is 17.3 Å². The summed E-state index contributed by atoms with van der Waals surface area (Å²) in [5.74, 6) is 1.75. The lowest BCUT2D eigenvalue weighted by Crippen LogP contribution is -1.95. The van der Waals surface area contributed by atoms with Crippen molar-refractivity contribution < 1.29 is 4.42 Å². The average molecular weight is 483 g/mol. The number of oxazole rings is 1. The van der Waals surface area contributed by atoms with Crippen LogP contribution in [0.1, 0.15) is 37.3 Å². The van der Waals surface area contributed by atoms with Gasteiger partial charge in [-0.1, -0.05) is 36.6 Å². The SMILES string of the molecule is Cc1nccn1-c1nc(-c2ccc(Cl)cc2)c(CCCCCCn2ccnc2)o1.Cl.Cl. The molecule has 0 aliphatic carbocycles. The Kier molecular flexibility index (Phi) is 9.62. The number of rotatable bonds is 9. The van der Waals surface area contributed by atoms with Gasteiger partial charge in [0.15, 0.2) is 0 Å². The van der Waals surface area contributed by atoms with E-state index >= 15 is 0 Å². The van der Waals surface area contributed by atoms with Gasteiger partial charge in [-0.15, -0.1) is 24.8 Å². The fourth-order valence-electron chi connectivity index (χ4n) is 3.38. The van der Waals surface area contributed by atoms with E-state index in [0.29, 0.717) is 11.0 Å². The summed E-state index contributed by atoms with van der Waals surface area (Å²) in [6, 6.07) is 8.29. The molecule has 31 heavy (non-hydrogen) atoms. The molecule has 9 heteroatoms. The Hall–Kier alpha value is -2.28. The van der Waals surface area contributed by atoms with Crippen molar-refractivity contribution in [3.63, 3.8) is 0 Å². The first-order valence-corrected chi connectivity index (χ1v) is 10.3. The third-order valence-corrected chi connectivity index (χ3v) is 5.22. The normalized spacial score (nSPS) is 10.5. The molecule has 3 aromatic heterocycles. The van der Waals surface area contributed by atoms with Gasteiger partial charge < -0.3 is 8.98 Å². The Balaban J connectivity index is 0.00000171. The van der Waals surface area contributed by atoms with Gasteiger partial charge >= 0.3 is 6.01 Å². The fourth-order valence-corrected chi connectivity index (χ4v) is 3.50. The number of unbranched alkanes of at least 4 members (excludes halogenated alkanes) is 3. The Morgan fingerprint density at radius 3 is 2.42 bits per heavy atom. The Labute approximate surface area is 199 Å². The molecular formula is C22H26Cl3N5O. The maximum absolute atomic E-state index is 6.16. The van der Waals surface area contributed by atoms with Crippen LogP contribution in [0.5, 0.6) is 0 Å². The van der Waals surface area contributed by atoms with Crippen molar-refractivity contribution in [1.29, 1.82) is 0 Å². The van der Waals surface area contributed by atoms with Gasteiger partial charge in [0.05, 0.1) is 6.33 Å². The van der Waals surface area contributed by atoms with Crippen LogP contribution in [0.3, 0.4) is 0 Å². The van der Waals surface area contributed by atoms with E-state index in [4.69, 9.17) is 21.0 Å². The predicted molar refractivity (Wildman–Crippen MR) is 128 cm³/mol. The van der Waals surface area contributed by atoms with Gasteiger partial charge in [-0.25, -0.2) is 9.97 Å². The minimum absolute atomic E-state index is 0. The lowest BCUT2D eigenvalue weighted by molar-refractivity contribution is 0.467. The molecule has 4 rings (SSSR count). The molecule has 6 nitrogen and oxygen atoms in total. The molecule has 0 fully saturated rings. The molecule has 0 unspecified atom stereocenters. The van der Waals surface area contributed by atoms with Crippen LogP contribution in [0.25, 0.3) is 17.3 Å². The average Bonchev–Trinajstić information content (AvgIpc) is 3.46. The molecule has 0 amide bonds. The van der Waals surface area contributed by atoms with E-state index in [-0.39, 0.29) is 24.8 Å². The molecule has 0 N–H and O–H groups in total. The van der Waals surface area contributed by atoms with Crippen LogP contribution in [0.2, 0.25) is 5.02 Å². The smallest absolute Gasteiger partial charge is 0.307 e. The highest BCUT2D eigenvalue weighted by molar-refractivity contribution is 6.30. The second-order valence-electron chi connectivity index (χ2n) is 7.08. The quantitative estimate of drug-likeness (QED) is 0.261. The molecule has 0 bridgehead atoms. The summed E-state index contributed by atoms with van der Waals surface area (Å²) in [4.78, 5) is 13.1. The number of hydrogen-bond donors (Lipinski definition) is 0. The molecule has 0 aliphatic rings. The number of nitrogens with zero attached hydrogens (tertiary/aromatic N) is 5. The number of hydrogen-bond acceptors (Lipinski definition) is 4. The lowest BCUT2D eigenvalue weighted by atomic mass is 10.1. The van der Waals surface area contributed by atoms with E-state index in [9.17, 15) is 0 Å². The van der Waals surface area contributed by atoms with E-state index in [1.165, 1.54) is 6.42 Å². The van der Waals surface area contributed by atoms with Gasteiger partial charge in [0, 0.05) is 48.3 Å². The van der Waals surface area contributed by atoms with E-state index in [1.54, 1.807) is 6.20 Å². The zero-order valence-electron chi connectivity index (χ0n) is 17.3. The van der Waals surface area contributed by atoms with Gasteiger partial charge in [-0.05, 0) is 31.9 Å². The number of aromatic nitrogens is 5. The second kappa shape index (κ2) is 11.9. The van der Waals surface area contributed by atoms with Crippen LogP contribution in [0.15, 0.2) is 59.8 Å². The molecule has 0 saturated carbocycles. The van der Waals surface area contributed by atoms with Crippen LogP contribution in [0, 0.1) is 6.92 Å². The van der Waals surface area contributed by atoms with Crippen LogP contribution >= 0.6 is 36.4 Å². The molecule has 4 aromatic rings. The summed E-state index contributed by atoms with van der Waals surface area (Å²) < 4.78 is 10.1. The molecule has 0 saturated heterocycles. The third kappa shape index (κ3) is 6.35. The number of benzene rings is 1. The van der Waals surface area contributed by atoms with E-state index < -0.39 is 0 Å². The van der Waals surface area contributed by atoms with Gasteiger partial charge in [-0.3, -0.25) is 4.57 Å². The highest BCUT2D eigenvalue weighted by atomic mass is 35.5. The number of halogens is 3. The monoisotopic (exact) mass is 481 g/mol. The maximum Gasteiger partial charge on any atom is 0.307 e. The second-order valence-corrected chi connectivity index (χ2v) is 7.52. The van der Waals surface area contributed by atoms with E-state index in [0.717, 1.165) is 55.1 Å². The first kappa shape index (κ1) is 25.0. The van der Waals surface area contributed by atoms with Crippen LogP contribution < -0.4 is 0 Å². The molecular weight excluding hydrogens is 457 g/mol. The zero-order valence-corrected chi connectivity index (χ0v) is 19.7. The maximum atomic E-state index is 6.16. The van der Waals surface area contributed by atoms with Crippen molar-refractivity contribution in [2.75, 3.05) is 0 Å². The minimum Gasteiger partial charge on any atom is -0.427 e. The minimum atomic E-state index is 0. The summed E-state index contributed by atoms with van der Waals surface area (Å²) in [7, 11) is 0. The molecule has 0 radical (unpaired) electrons. The zero-order chi connectivity index (χ0) is 20.1. The highest BCUT2D eigenvalue weighted by Crippen LogP contribution is 2.28. The fraction of sp³-hybridized carbons (Fsp3) is 0.318. The number of imidazole rings is 2. The van der Waals surface area contributed by atoms with Gasteiger partial charge in [0.1, 0.15) is 17.3 Å². The van der Waals surface area contributed by atoms with Crippen molar-refractivity contribution in [1.82, 2.24) is 24.1 Å². The Morgan fingerprint density at radius 2 is 1.74 bits per heavy atom. The third-order valence-electron chi connectivity index (χ3n) is 4.96. The van der Waals surface area contributed by atoms with Crippen LogP contribution in [0.4, 0.5) is 0 Å². The summed E-state index contributed by atoms with van der Waals surface area (Å²) in [5.41, 5.74) is 1.89. The lowest BCUT2D eigenvalue weighted by Gasteiger charge is -2.03. The predicted octanol–water partition coefficient (Wildman–Crippen LogP) is 6.33. The van der Waals surface area contributed by atoms with Gasteiger partial charge in [0.2, 0.25) is 0 Å². The van der Waals surface area contributed by atoms with Crippen LogP contribution in [-0.2, 0) is 13.0 Å². The largest absolute Gasteiger partial charge is 0.427 e. The van der Waals surface area contributed by atoms with Gasteiger partial charge in [0.25, 0.3) is 0 Å². The van der Waals surface area contributed by atoms with Crippen molar-refractivity contribution in [2.24, 2.45) is 0 Å². The molecule has 0 spiro atoms. The van der Waals surface area contributed by atoms with E-state index in [1.807, 2.05) is 60.7 Å². The summed E-state index contributed by atoms with van der Waals surface area (Å²) in [6.07, 6.45) is 14.7. The van der Waals surface area contributed by atoms with Crippen molar-refractivity contribution >= 4 is 36.4 Å². The standard InChI is InChI=1S/C22H24ClN5O.2ClH/c1-17-25-12-15-28(17)22-26-21(18-7-9-19(23)10-8-18)20(29-22)6-4-2-3-5-13-27-14-11-24-16-27;;/h7-12,14-16H,2-6,13H2,1H3;2*1H. The van der Waals surface area contributed by atoms with E-state index in [2.05, 4.69) is 14.5 Å². The first-order valence-electron chi connectivity index (χ1n) is 9.92. The molecule has 0 aliphatic heterocycles. The molecule has 166 valence electrons. The topological polar surface area (TPSA) is 61.7 Å². The summed E-state index contributed by atoms with van der Waals surface area (Å²) >= 11 is 6.05. The number of aryl methyl sites for hydroxylation is 3. The van der Waals surface area contributed by atoms with Gasteiger partial charge in [-0.2, -0.15) is 4.98 Å². The first-order chi connectivity index (χ1) is 14.2. The van der Waals surface area contributed by atoms with Crippen LogP contribution in [-0.4, -0.2) is 24.1 Å². The Bertz CT molecular complexity index is 1040. The molecule has 1 aromatic carbocycles. The molecule has 0 atom stereocenters. The van der Waals surface area contributed by atoms with Crippen molar-refractivity contribution in [2.45, 2.75) is 45.6 Å².